The Kier molecular flexibility index (Phi) is 4.45. The molecule has 0 aliphatic carbocycles. The third-order valence-electron chi connectivity index (χ3n) is 3.02. The van der Waals surface area contributed by atoms with Gasteiger partial charge in [-0.1, -0.05) is 34.1 Å². The number of hydrogen-bond donors (Lipinski definition) is 1. The number of methoxy groups -OCH3 is 2. The third kappa shape index (κ3) is 3.08. The predicted octanol–water partition coefficient (Wildman–Crippen LogP) is 3.51. The van der Waals surface area contributed by atoms with E-state index in [1.807, 2.05) is 42.5 Å². The third-order valence-corrected chi connectivity index (χ3v) is 3.70. The minimum absolute atomic E-state index is 0.189. The number of benzene rings is 2. The standard InChI is InChI=1S/C15H16BrNO2/c1-18-11-5-3-10(4-6-11)15(17)13-8-7-12(19-2)9-14(13)16/h3-9,15H,17H2,1-2H3. The molecule has 0 fully saturated rings. The van der Waals surface area contributed by atoms with Gasteiger partial charge >= 0.3 is 0 Å². The number of halogens is 1. The fraction of sp³-hybridized carbons (Fsp3) is 0.200. The molecule has 2 rings (SSSR count). The Morgan fingerprint density at radius 2 is 1.53 bits per heavy atom. The Morgan fingerprint density at radius 3 is 2.05 bits per heavy atom. The highest BCUT2D eigenvalue weighted by Gasteiger charge is 2.13. The molecule has 100 valence electrons. The van der Waals surface area contributed by atoms with Crippen LogP contribution in [0.5, 0.6) is 11.5 Å². The van der Waals surface area contributed by atoms with Crippen LogP contribution in [0.1, 0.15) is 17.2 Å². The van der Waals surface area contributed by atoms with E-state index >= 15 is 0 Å². The molecule has 0 aliphatic rings. The monoisotopic (exact) mass is 321 g/mol. The van der Waals surface area contributed by atoms with Crippen molar-refractivity contribution in [3.05, 3.63) is 58.1 Å². The molecule has 1 unspecified atom stereocenters. The molecule has 0 bridgehead atoms. The van der Waals surface area contributed by atoms with Gasteiger partial charge < -0.3 is 15.2 Å². The van der Waals surface area contributed by atoms with Crippen molar-refractivity contribution in [2.75, 3.05) is 14.2 Å². The van der Waals surface area contributed by atoms with Gasteiger partial charge in [-0.25, -0.2) is 0 Å². The molecule has 2 N–H and O–H groups in total. The summed E-state index contributed by atoms with van der Waals surface area (Å²) in [6, 6.07) is 13.4. The van der Waals surface area contributed by atoms with Gasteiger partial charge in [-0.3, -0.25) is 0 Å². The quantitative estimate of drug-likeness (QED) is 0.937. The van der Waals surface area contributed by atoms with E-state index in [9.17, 15) is 0 Å². The highest BCUT2D eigenvalue weighted by Crippen LogP contribution is 2.30. The molecule has 0 heterocycles. The number of hydrogen-bond acceptors (Lipinski definition) is 3. The van der Waals surface area contributed by atoms with Crippen molar-refractivity contribution in [3.63, 3.8) is 0 Å². The predicted molar refractivity (Wildman–Crippen MR) is 79.7 cm³/mol. The molecule has 0 radical (unpaired) electrons. The minimum Gasteiger partial charge on any atom is -0.497 e. The van der Waals surface area contributed by atoms with Gasteiger partial charge in [0.25, 0.3) is 0 Å². The zero-order chi connectivity index (χ0) is 13.8. The molecule has 2 aromatic rings. The Labute approximate surface area is 121 Å². The van der Waals surface area contributed by atoms with Crippen LogP contribution in [0.3, 0.4) is 0 Å². The average molecular weight is 322 g/mol. The average Bonchev–Trinajstić information content (AvgIpc) is 2.46. The summed E-state index contributed by atoms with van der Waals surface area (Å²) in [4.78, 5) is 0. The summed E-state index contributed by atoms with van der Waals surface area (Å²) in [6.07, 6.45) is 0. The van der Waals surface area contributed by atoms with Crippen molar-refractivity contribution in [1.29, 1.82) is 0 Å². The van der Waals surface area contributed by atoms with Gasteiger partial charge in [0.2, 0.25) is 0 Å². The van der Waals surface area contributed by atoms with Gasteiger partial charge in [0.05, 0.1) is 20.3 Å². The lowest BCUT2D eigenvalue weighted by Gasteiger charge is -2.15. The van der Waals surface area contributed by atoms with E-state index in [1.54, 1.807) is 14.2 Å². The number of ether oxygens (including phenoxy) is 2. The first-order valence-electron chi connectivity index (χ1n) is 5.88. The van der Waals surface area contributed by atoms with Crippen molar-refractivity contribution in [2.24, 2.45) is 5.73 Å². The lowest BCUT2D eigenvalue weighted by molar-refractivity contribution is 0.414. The molecular formula is C15H16BrNO2. The van der Waals surface area contributed by atoms with Gasteiger partial charge in [-0.05, 0) is 35.4 Å². The second-order valence-electron chi connectivity index (χ2n) is 4.14. The maximum Gasteiger partial charge on any atom is 0.120 e. The number of nitrogens with two attached hydrogens (primary N) is 1. The summed E-state index contributed by atoms with van der Waals surface area (Å²) in [6.45, 7) is 0. The molecular weight excluding hydrogens is 306 g/mol. The maximum atomic E-state index is 6.29. The van der Waals surface area contributed by atoms with Crippen molar-refractivity contribution >= 4 is 15.9 Å². The molecule has 3 nitrogen and oxygen atoms in total. The second-order valence-corrected chi connectivity index (χ2v) is 4.99. The molecule has 0 saturated carbocycles. The van der Waals surface area contributed by atoms with Gasteiger partial charge in [-0.15, -0.1) is 0 Å². The second kappa shape index (κ2) is 6.08. The first-order chi connectivity index (χ1) is 9.15. The van der Waals surface area contributed by atoms with Gasteiger partial charge in [0.1, 0.15) is 11.5 Å². The fourth-order valence-electron chi connectivity index (χ4n) is 1.88. The molecule has 2 aromatic carbocycles. The van der Waals surface area contributed by atoms with Crippen LogP contribution in [0.25, 0.3) is 0 Å². The van der Waals surface area contributed by atoms with Crippen LogP contribution in [0.4, 0.5) is 0 Å². The summed E-state index contributed by atoms with van der Waals surface area (Å²) >= 11 is 3.53. The Balaban J connectivity index is 2.29. The highest BCUT2D eigenvalue weighted by atomic mass is 79.9. The van der Waals surface area contributed by atoms with Crippen molar-refractivity contribution in [1.82, 2.24) is 0 Å². The highest BCUT2D eigenvalue weighted by molar-refractivity contribution is 9.10. The molecule has 0 aliphatic heterocycles. The van der Waals surface area contributed by atoms with E-state index < -0.39 is 0 Å². The maximum absolute atomic E-state index is 6.29. The smallest absolute Gasteiger partial charge is 0.120 e. The summed E-state index contributed by atoms with van der Waals surface area (Å²) in [5.41, 5.74) is 8.34. The Morgan fingerprint density at radius 1 is 0.947 bits per heavy atom. The van der Waals surface area contributed by atoms with Gasteiger partial charge in [-0.2, -0.15) is 0 Å². The minimum atomic E-state index is -0.189. The molecule has 0 amide bonds. The lowest BCUT2D eigenvalue weighted by Crippen LogP contribution is -2.12. The SMILES string of the molecule is COc1ccc(C(N)c2ccc(OC)cc2Br)cc1. The van der Waals surface area contributed by atoms with Crippen molar-refractivity contribution in [3.8, 4) is 11.5 Å². The Hall–Kier alpha value is -1.52. The van der Waals surface area contributed by atoms with Crippen molar-refractivity contribution < 1.29 is 9.47 Å². The van der Waals surface area contributed by atoms with Crippen LogP contribution in [-0.2, 0) is 0 Å². The Bertz CT molecular complexity index is 555. The van der Waals surface area contributed by atoms with E-state index in [1.165, 1.54) is 0 Å². The normalized spacial score (nSPS) is 12.0. The summed E-state index contributed by atoms with van der Waals surface area (Å²) in [5, 5.41) is 0. The zero-order valence-corrected chi connectivity index (χ0v) is 12.5. The van der Waals surface area contributed by atoms with Crippen LogP contribution >= 0.6 is 15.9 Å². The molecule has 4 heteroatoms. The first kappa shape index (κ1) is 13.9. The van der Waals surface area contributed by atoms with E-state index in [0.29, 0.717) is 0 Å². The van der Waals surface area contributed by atoms with Gasteiger partial charge in [0, 0.05) is 4.47 Å². The van der Waals surface area contributed by atoms with Crippen LogP contribution in [0, 0.1) is 0 Å². The fourth-order valence-corrected chi connectivity index (χ4v) is 2.48. The summed E-state index contributed by atoms with van der Waals surface area (Å²) in [5.74, 6) is 1.63. The van der Waals surface area contributed by atoms with Gasteiger partial charge in [0.15, 0.2) is 0 Å². The molecule has 19 heavy (non-hydrogen) atoms. The number of rotatable bonds is 4. The molecule has 0 saturated heterocycles. The van der Waals surface area contributed by atoms with Crippen molar-refractivity contribution in [2.45, 2.75) is 6.04 Å². The lowest BCUT2D eigenvalue weighted by atomic mass is 9.99. The largest absolute Gasteiger partial charge is 0.497 e. The summed E-state index contributed by atoms with van der Waals surface area (Å²) in [7, 11) is 3.29. The molecule has 1 atom stereocenters. The van der Waals surface area contributed by atoms with E-state index in [4.69, 9.17) is 15.2 Å². The molecule has 0 aromatic heterocycles. The summed E-state index contributed by atoms with van der Waals surface area (Å²) < 4.78 is 11.3. The van der Waals surface area contributed by atoms with E-state index in [-0.39, 0.29) is 6.04 Å². The van der Waals surface area contributed by atoms with E-state index in [2.05, 4.69) is 15.9 Å². The zero-order valence-electron chi connectivity index (χ0n) is 10.9. The van der Waals surface area contributed by atoms with Crippen LogP contribution in [0.15, 0.2) is 46.9 Å². The van der Waals surface area contributed by atoms with Crippen LogP contribution in [0.2, 0.25) is 0 Å². The first-order valence-corrected chi connectivity index (χ1v) is 6.68. The van der Waals surface area contributed by atoms with E-state index in [0.717, 1.165) is 27.1 Å². The topological polar surface area (TPSA) is 44.5 Å². The van der Waals surface area contributed by atoms with Crippen LogP contribution < -0.4 is 15.2 Å². The molecule has 0 spiro atoms. The van der Waals surface area contributed by atoms with Crippen LogP contribution in [-0.4, -0.2) is 14.2 Å².